The molecule has 1 aromatic heterocycles. The standard InChI is InChI=1S/C24H21Cl2N5O4/c1-3-19(32)30-8-6-14(7-9-30)35-22-18(34-2)11-17-20-21(22)29-24(33)31(23(20)28-12-27-17)13-4-5-15(25)16(26)10-13/h3-5,10-12,14H,1,6-9H2,2H3,(H,29,33). The lowest BCUT2D eigenvalue weighted by Crippen LogP contribution is -2.41. The second-order valence-electron chi connectivity index (χ2n) is 8.08. The summed E-state index contributed by atoms with van der Waals surface area (Å²) in [6.45, 7) is 4.64. The van der Waals surface area contributed by atoms with Gasteiger partial charge in [0.05, 0.1) is 33.7 Å². The molecule has 1 fully saturated rings. The van der Waals surface area contributed by atoms with Crippen LogP contribution in [0.1, 0.15) is 12.8 Å². The molecule has 0 unspecified atom stereocenters. The molecule has 9 nitrogen and oxygen atoms in total. The number of carbonyl (C=O) groups is 2. The van der Waals surface area contributed by atoms with E-state index in [2.05, 4.69) is 21.9 Å². The molecule has 2 aliphatic rings. The molecule has 0 bridgehead atoms. The lowest BCUT2D eigenvalue weighted by molar-refractivity contribution is -0.127. The fraction of sp³-hybridized carbons (Fsp3) is 0.250. The zero-order chi connectivity index (χ0) is 24.7. The highest BCUT2D eigenvalue weighted by atomic mass is 35.5. The first-order valence-corrected chi connectivity index (χ1v) is 11.7. The van der Waals surface area contributed by atoms with Crippen LogP contribution in [0.4, 0.5) is 22.0 Å². The van der Waals surface area contributed by atoms with Crippen molar-refractivity contribution in [3.63, 3.8) is 0 Å². The van der Waals surface area contributed by atoms with Gasteiger partial charge in [0, 0.05) is 32.0 Å². The van der Waals surface area contributed by atoms with Crippen molar-refractivity contribution in [2.75, 3.05) is 30.4 Å². The molecule has 2 aromatic carbocycles. The van der Waals surface area contributed by atoms with Crippen LogP contribution in [0, 0.1) is 0 Å². The minimum atomic E-state index is -0.444. The van der Waals surface area contributed by atoms with Gasteiger partial charge in [-0.3, -0.25) is 4.79 Å². The van der Waals surface area contributed by atoms with Crippen molar-refractivity contribution in [2.45, 2.75) is 18.9 Å². The summed E-state index contributed by atoms with van der Waals surface area (Å²) in [7, 11) is 1.53. The number of anilines is 3. The highest BCUT2D eigenvalue weighted by Crippen LogP contribution is 2.48. The number of urea groups is 1. The van der Waals surface area contributed by atoms with Crippen molar-refractivity contribution >= 4 is 63.2 Å². The molecule has 1 N–H and O–H groups in total. The Morgan fingerprint density at radius 1 is 1.20 bits per heavy atom. The highest BCUT2D eigenvalue weighted by molar-refractivity contribution is 6.42. The molecule has 3 aromatic rings. The molecule has 35 heavy (non-hydrogen) atoms. The molecular weight excluding hydrogens is 493 g/mol. The van der Waals surface area contributed by atoms with Gasteiger partial charge in [-0.25, -0.2) is 19.7 Å². The molecule has 180 valence electrons. The fourth-order valence-electron chi connectivity index (χ4n) is 4.34. The van der Waals surface area contributed by atoms with E-state index in [1.54, 1.807) is 29.2 Å². The van der Waals surface area contributed by atoms with E-state index in [-0.39, 0.29) is 12.0 Å². The van der Waals surface area contributed by atoms with E-state index < -0.39 is 6.03 Å². The zero-order valence-electron chi connectivity index (χ0n) is 18.8. The van der Waals surface area contributed by atoms with Gasteiger partial charge in [0.25, 0.3) is 0 Å². The molecule has 0 saturated carbocycles. The molecule has 0 atom stereocenters. The van der Waals surface area contributed by atoms with Crippen LogP contribution >= 0.6 is 23.2 Å². The summed E-state index contributed by atoms with van der Waals surface area (Å²) in [5, 5.41) is 4.22. The average molecular weight is 514 g/mol. The van der Waals surface area contributed by atoms with Crippen LogP contribution < -0.4 is 19.7 Å². The number of rotatable bonds is 5. The zero-order valence-corrected chi connectivity index (χ0v) is 20.3. The van der Waals surface area contributed by atoms with Crippen LogP contribution in [0.5, 0.6) is 11.5 Å². The maximum absolute atomic E-state index is 13.3. The van der Waals surface area contributed by atoms with Crippen molar-refractivity contribution in [1.82, 2.24) is 14.9 Å². The number of amides is 3. The molecule has 2 aliphatic heterocycles. The Morgan fingerprint density at radius 3 is 2.66 bits per heavy atom. The van der Waals surface area contributed by atoms with Crippen LogP contribution in [0.25, 0.3) is 10.9 Å². The average Bonchev–Trinajstić information content (AvgIpc) is 2.87. The maximum atomic E-state index is 13.3. The van der Waals surface area contributed by atoms with Gasteiger partial charge >= 0.3 is 6.03 Å². The Hall–Kier alpha value is -3.56. The maximum Gasteiger partial charge on any atom is 0.332 e. The molecule has 0 spiro atoms. The first-order valence-electron chi connectivity index (χ1n) is 10.9. The number of benzene rings is 2. The number of piperidine rings is 1. The molecular formula is C24H21Cl2N5O4. The van der Waals surface area contributed by atoms with Gasteiger partial charge in [0.1, 0.15) is 18.1 Å². The summed E-state index contributed by atoms with van der Waals surface area (Å²) in [6, 6.07) is 6.21. The molecule has 1 saturated heterocycles. The van der Waals surface area contributed by atoms with E-state index in [4.69, 9.17) is 32.7 Å². The van der Waals surface area contributed by atoms with Crippen LogP contribution in [0.3, 0.4) is 0 Å². The third-order valence-corrected chi connectivity index (χ3v) is 6.81. The normalized spacial score (nSPS) is 15.7. The molecule has 5 rings (SSSR count). The smallest absolute Gasteiger partial charge is 0.332 e. The van der Waals surface area contributed by atoms with E-state index in [9.17, 15) is 9.59 Å². The van der Waals surface area contributed by atoms with Gasteiger partial charge in [-0.2, -0.15) is 0 Å². The minimum absolute atomic E-state index is 0.0988. The van der Waals surface area contributed by atoms with Crippen molar-refractivity contribution in [3.05, 3.63) is 53.3 Å². The Labute approximate surface area is 211 Å². The lowest BCUT2D eigenvalue weighted by atomic mass is 10.1. The first-order chi connectivity index (χ1) is 16.9. The van der Waals surface area contributed by atoms with Crippen LogP contribution in [-0.2, 0) is 4.79 Å². The number of ether oxygens (including phenoxy) is 2. The van der Waals surface area contributed by atoms with E-state index in [0.29, 0.717) is 75.6 Å². The Kier molecular flexibility index (Phi) is 6.12. The topological polar surface area (TPSA) is 96.9 Å². The number of aromatic nitrogens is 2. The Bertz CT molecular complexity index is 1360. The quantitative estimate of drug-likeness (QED) is 0.471. The number of methoxy groups -OCH3 is 1. The number of hydrogen-bond acceptors (Lipinski definition) is 6. The third kappa shape index (κ3) is 4.11. The van der Waals surface area contributed by atoms with Crippen molar-refractivity contribution < 1.29 is 19.1 Å². The number of carbonyl (C=O) groups excluding carboxylic acids is 2. The number of likely N-dealkylation sites (tertiary alicyclic amines) is 1. The van der Waals surface area contributed by atoms with Crippen molar-refractivity contribution in [2.24, 2.45) is 0 Å². The number of halogens is 2. The van der Waals surface area contributed by atoms with E-state index in [1.807, 2.05) is 0 Å². The van der Waals surface area contributed by atoms with E-state index >= 15 is 0 Å². The predicted octanol–water partition coefficient (Wildman–Crippen LogP) is 5.18. The Balaban J connectivity index is 1.56. The summed E-state index contributed by atoms with van der Waals surface area (Å²) in [6.07, 6.45) is 3.78. The minimum Gasteiger partial charge on any atom is -0.493 e. The van der Waals surface area contributed by atoms with Gasteiger partial charge in [0.15, 0.2) is 17.3 Å². The van der Waals surface area contributed by atoms with Crippen molar-refractivity contribution in [3.8, 4) is 11.5 Å². The van der Waals surface area contributed by atoms with Crippen LogP contribution in [0.15, 0.2) is 43.2 Å². The molecule has 11 heteroatoms. The lowest BCUT2D eigenvalue weighted by Gasteiger charge is -2.34. The number of nitrogens with zero attached hydrogens (tertiary/aromatic N) is 4. The summed E-state index contributed by atoms with van der Waals surface area (Å²) >= 11 is 12.3. The van der Waals surface area contributed by atoms with Gasteiger partial charge in [-0.1, -0.05) is 29.8 Å². The number of nitrogens with one attached hydrogen (secondary N) is 1. The second-order valence-corrected chi connectivity index (χ2v) is 8.90. The largest absolute Gasteiger partial charge is 0.493 e. The molecule has 3 heterocycles. The molecule has 0 radical (unpaired) electrons. The Morgan fingerprint density at radius 2 is 1.97 bits per heavy atom. The SMILES string of the molecule is C=CC(=O)N1CCC(Oc2c(OC)cc3ncnc4c3c2NC(=O)N4c2ccc(Cl)c(Cl)c2)CC1. The third-order valence-electron chi connectivity index (χ3n) is 6.07. The first kappa shape index (κ1) is 23.2. The van der Waals surface area contributed by atoms with Gasteiger partial charge in [-0.05, 0) is 24.3 Å². The summed E-state index contributed by atoms with van der Waals surface area (Å²) in [5.41, 5.74) is 1.51. The molecule has 3 amide bonds. The highest BCUT2D eigenvalue weighted by Gasteiger charge is 2.34. The van der Waals surface area contributed by atoms with Gasteiger partial charge < -0.3 is 19.7 Å². The monoisotopic (exact) mass is 513 g/mol. The van der Waals surface area contributed by atoms with E-state index in [1.165, 1.54) is 24.4 Å². The predicted molar refractivity (Wildman–Crippen MR) is 134 cm³/mol. The molecule has 0 aliphatic carbocycles. The van der Waals surface area contributed by atoms with Gasteiger partial charge in [-0.15, -0.1) is 0 Å². The van der Waals surface area contributed by atoms with Gasteiger partial charge in [0.2, 0.25) is 5.91 Å². The summed E-state index contributed by atoms with van der Waals surface area (Å²) in [5.74, 6) is 1.11. The number of hydrogen-bond donors (Lipinski definition) is 1. The summed E-state index contributed by atoms with van der Waals surface area (Å²) < 4.78 is 12.0. The van der Waals surface area contributed by atoms with E-state index in [0.717, 1.165) is 0 Å². The summed E-state index contributed by atoms with van der Waals surface area (Å²) in [4.78, 5) is 37.2. The van der Waals surface area contributed by atoms with Crippen LogP contribution in [-0.4, -0.2) is 53.1 Å². The second kappa shape index (κ2) is 9.24. The van der Waals surface area contributed by atoms with Crippen LogP contribution in [0.2, 0.25) is 10.0 Å². The van der Waals surface area contributed by atoms with Crippen molar-refractivity contribution in [1.29, 1.82) is 0 Å². The fourth-order valence-corrected chi connectivity index (χ4v) is 4.63.